The van der Waals surface area contributed by atoms with Gasteiger partial charge in [0.15, 0.2) is 0 Å². The summed E-state index contributed by atoms with van der Waals surface area (Å²) >= 11 is 7.54. The first-order valence-corrected chi connectivity index (χ1v) is 9.45. The molecular formula is C18H19ClN2O4S. The van der Waals surface area contributed by atoms with Gasteiger partial charge in [-0.3, -0.25) is 9.59 Å². The molecule has 1 N–H and O–H groups in total. The van der Waals surface area contributed by atoms with Gasteiger partial charge in [0, 0.05) is 31.1 Å². The van der Waals surface area contributed by atoms with Crippen molar-refractivity contribution in [2.24, 2.45) is 5.41 Å². The Labute approximate surface area is 160 Å². The molecule has 2 aromatic rings. The number of hydrogen-bond acceptors (Lipinski definition) is 5. The van der Waals surface area contributed by atoms with Crippen LogP contribution in [-0.4, -0.2) is 53.7 Å². The lowest BCUT2D eigenvalue weighted by Crippen LogP contribution is -2.52. The van der Waals surface area contributed by atoms with E-state index in [0.29, 0.717) is 35.1 Å². The average molecular weight is 395 g/mol. The van der Waals surface area contributed by atoms with Gasteiger partial charge in [0.25, 0.3) is 5.91 Å². The SMILES string of the molecule is COCC1(C(=O)O)CCCN(C(=O)c2csc(-c3ccccc3Cl)n2)C1. The van der Waals surface area contributed by atoms with Gasteiger partial charge in [-0.15, -0.1) is 11.3 Å². The van der Waals surface area contributed by atoms with Crippen molar-refractivity contribution in [1.82, 2.24) is 9.88 Å². The van der Waals surface area contributed by atoms with E-state index in [-0.39, 0.29) is 19.1 Å². The average Bonchev–Trinajstić information content (AvgIpc) is 3.11. The molecule has 1 aliphatic heterocycles. The Kier molecular flexibility index (Phi) is 5.60. The third-order valence-electron chi connectivity index (χ3n) is 4.57. The number of nitrogens with zero attached hydrogens (tertiary/aromatic N) is 2. The lowest BCUT2D eigenvalue weighted by Gasteiger charge is -2.39. The predicted molar refractivity (Wildman–Crippen MR) is 99.6 cm³/mol. The lowest BCUT2D eigenvalue weighted by atomic mass is 9.80. The lowest BCUT2D eigenvalue weighted by molar-refractivity contribution is -0.155. The molecule has 3 rings (SSSR count). The number of likely N-dealkylation sites (tertiary alicyclic amines) is 1. The van der Waals surface area contributed by atoms with Crippen LogP contribution in [0.5, 0.6) is 0 Å². The van der Waals surface area contributed by atoms with Crippen molar-refractivity contribution in [1.29, 1.82) is 0 Å². The van der Waals surface area contributed by atoms with Gasteiger partial charge in [-0.05, 0) is 18.9 Å². The highest BCUT2D eigenvalue weighted by atomic mass is 35.5. The van der Waals surface area contributed by atoms with E-state index in [1.165, 1.54) is 18.4 Å². The molecule has 2 heterocycles. The summed E-state index contributed by atoms with van der Waals surface area (Å²) in [5, 5.41) is 12.6. The molecule has 1 fully saturated rings. The highest BCUT2D eigenvalue weighted by Crippen LogP contribution is 2.33. The van der Waals surface area contributed by atoms with Crippen molar-refractivity contribution < 1.29 is 19.4 Å². The van der Waals surface area contributed by atoms with E-state index in [9.17, 15) is 14.7 Å². The number of thiazole rings is 1. The molecule has 1 unspecified atom stereocenters. The highest BCUT2D eigenvalue weighted by Gasteiger charge is 2.44. The number of carboxylic acids is 1. The number of hydrogen-bond donors (Lipinski definition) is 1. The van der Waals surface area contributed by atoms with Crippen LogP contribution in [-0.2, 0) is 9.53 Å². The molecule has 1 aromatic heterocycles. The van der Waals surface area contributed by atoms with Crippen molar-refractivity contribution in [3.05, 3.63) is 40.4 Å². The van der Waals surface area contributed by atoms with Crippen LogP contribution >= 0.6 is 22.9 Å². The molecular weight excluding hydrogens is 376 g/mol. The predicted octanol–water partition coefficient (Wildman–Crippen LogP) is 3.42. The van der Waals surface area contributed by atoms with E-state index in [1.54, 1.807) is 16.3 Å². The highest BCUT2D eigenvalue weighted by molar-refractivity contribution is 7.13. The second-order valence-corrected chi connectivity index (χ2v) is 7.63. The number of carbonyl (C=O) groups is 2. The number of amides is 1. The Morgan fingerprint density at radius 3 is 2.88 bits per heavy atom. The van der Waals surface area contributed by atoms with Crippen molar-refractivity contribution in [3.8, 4) is 10.6 Å². The third-order valence-corrected chi connectivity index (χ3v) is 5.77. The number of rotatable bonds is 5. The zero-order valence-corrected chi connectivity index (χ0v) is 15.8. The minimum absolute atomic E-state index is 0.0774. The minimum Gasteiger partial charge on any atom is -0.481 e. The van der Waals surface area contributed by atoms with E-state index in [1.807, 2.05) is 18.2 Å². The Balaban J connectivity index is 1.81. The Bertz CT molecular complexity index is 821. The molecule has 0 radical (unpaired) electrons. The summed E-state index contributed by atoms with van der Waals surface area (Å²) in [6.45, 7) is 0.707. The number of aromatic nitrogens is 1. The summed E-state index contributed by atoms with van der Waals surface area (Å²) in [5.74, 6) is -1.20. The fraction of sp³-hybridized carbons (Fsp3) is 0.389. The Morgan fingerprint density at radius 1 is 1.42 bits per heavy atom. The smallest absolute Gasteiger partial charge is 0.313 e. The molecule has 26 heavy (non-hydrogen) atoms. The van der Waals surface area contributed by atoms with Gasteiger partial charge < -0.3 is 14.7 Å². The summed E-state index contributed by atoms with van der Waals surface area (Å²) in [7, 11) is 1.47. The quantitative estimate of drug-likeness (QED) is 0.840. The maximum atomic E-state index is 12.8. The second kappa shape index (κ2) is 7.73. The maximum Gasteiger partial charge on any atom is 0.313 e. The van der Waals surface area contributed by atoms with Crippen LogP contribution in [0.2, 0.25) is 5.02 Å². The van der Waals surface area contributed by atoms with E-state index >= 15 is 0 Å². The summed E-state index contributed by atoms with van der Waals surface area (Å²) in [4.78, 5) is 30.6. The number of aliphatic carboxylic acids is 1. The van der Waals surface area contributed by atoms with E-state index in [4.69, 9.17) is 16.3 Å². The van der Waals surface area contributed by atoms with Crippen LogP contribution in [0.25, 0.3) is 10.6 Å². The van der Waals surface area contributed by atoms with Crippen LogP contribution in [0.3, 0.4) is 0 Å². The largest absolute Gasteiger partial charge is 0.481 e. The van der Waals surface area contributed by atoms with Gasteiger partial charge in [0.2, 0.25) is 0 Å². The first kappa shape index (κ1) is 18.8. The molecule has 6 nitrogen and oxygen atoms in total. The number of methoxy groups -OCH3 is 1. The van der Waals surface area contributed by atoms with Gasteiger partial charge >= 0.3 is 5.97 Å². The molecule has 1 aliphatic rings. The number of piperidine rings is 1. The number of carboxylic acid groups (broad SMARTS) is 1. The number of ether oxygens (including phenoxy) is 1. The summed E-state index contributed by atoms with van der Waals surface area (Å²) in [6, 6.07) is 7.32. The Morgan fingerprint density at radius 2 is 2.19 bits per heavy atom. The third kappa shape index (κ3) is 3.60. The van der Waals surface area contributed by atoms with Crippen LogP contribution in [0, 0.1) is 5.41 Å². The molecule has 1 aromatic carbocycles. The van der Waals surface area contributed by atoms with Gasteiger partial charge in [0.05, 0.1) is 11.6 Å². The van der Waals surface area contributed by atoms with Gasteiger partial charge in [0.1, 0.15) is 16.1 Å². The van der Waals surface area contributed by atoms with Crippen LogP contribution < -0.4 is 0 Å². The summed E-state index contributed by atoms with van der Waals surface area (Å²) in [6.07, 6.45) is 1.10. The monoisotopic (exact) mass is 394 g/mol. The maximum absolute atomic E-state index is 12.8. The fourth-order valence-electron chi connectivity index (χ4n) is 3.23. The fourth-order valence-corrected chi connectivity index (χ4v) is 4.34. The number of halogens is 1. The molecule has 138 valence electrons. The molecule has 0 bridgehead atoms. The standard InChI is InChI=1S/C18H19ClN2O4S/c1-25-11-18(17(23)24)7-4-8-21(10-18)16(22)14-9-26-15(20-14)12-5-2-3-6-13(12)19/h2-3,5-6,9H,4,7-8,10-11H2,1H3,(H,23,24). The molecule has 0 aliphatic carbocycles. The van der Waals surface area contributed by atoms with Gasteiger partial charge in [-0.1, -0.05) is 29.8 Å². The van der Waals surface area contributed by atoms with Crippen molar-refractivity contribution >= 4 is 34.8 Å². The molecule has 0 spiro atoms. The molecule has 1 saturated heterocycles. The van der Waals surface area contributed by atoms with E-state index in [0.717, 1.165) is 5.56 Å². The van der Waals surface area contributed by atoms with Crippen molar-refractivity contribution in [3.63, 3.8) is 0 Å². The van der Waals surface area contributed by atoms with Crippen LogP contribution in [0.15, 0.2) is 29.6 Å². The Hall–Kier alpha value is -1.96. The molecule has 8 heteroatoms. The zero-order valence-electron chi connectivity index (χ0n) is 14.3. The van der Waals surface area contributed by atoms with Crippen molar-refractivity contribution in [2.45, 2.75) is 12.8 Å². The zero-order chi connectivity index (χ0) is 18.7. The number of carbonyl (C=O) groups excluding carboxylic acids is 1. The summed E-state index contributed by atoms with van der Waals surface area (Å²) < 4.78 is 5.11. The number of benzene rings is 1. The topological polar surface area (TPSA) is 79.7 Å². The minimum atomic E-state index is -1.07. The molecule has 1 atom stereocenters. The van der Waals surface area contributed by atoms with Crippen LogP contribution in [0.1, 0.15) is 23.3 Å². The van der Waals surface area contributed by atoms with Gasteiger partial charge in [-0.2, -0.15) is 0 Å². The van der Waals surface area contributed by atoms with Crippen molar-refractivity contribution in [2.75, 3.05) is 26.8 Å². The van der Waals surface area contributed by atoms with Gasteiger partial charge in [-0.25, -0.2) is 4.98 Å². The second-order valence-electron chi connectivity index (χ2n) is 6.37. The first-order chi connectivity index (χ1) is 12.5. The molecule has 1 amide bonds. The van der Waals surface area contributed by atoms with E-state index in [2.05, 4.69) is 4.98 Å². The summed E-state index contributed by atoms with van der Waals surface area (Å²) in [5.41, 5.74) is 0.0178. The normalized spacial score (nSPS) is 20.2. The van der Waals surface area contributed by atoms with Crippen LogP contribution in [0.4, 0.5) is 0 Å². The molecule has 0 saturated carbocycles. The van der Waals surface area contributed by atoms with E-state index < -0.39 is 11.4 Å². The first-order valence-electron chi connectivity index (χ1n) is 8.19.